The Morgan fingerprint density at radius 1 is 0.663 bits per heavy atom. The van der Waals surface area contributed by atoms with E-state index >= 15 is 0 Å². The summed E-state index contributed by atoms with van der Waals surface area (Å²) in [4.78, 5) is 13.2. The van der Waals surface area contributed by atoms with Crippen molar-refractivity contribution < 1.29 is 165 Å². The Morgan fingerprint density at radius 3 is 1.78 bits per heavy atom. The van der Waals surface area contributed by atoms with Crippen molar-refractivity contribution in [1.29, 1.82) is 0 Å². The summed E-state index contributed by atoms with van der Waals surface area (Å²) in [7, 11) is -5.13. The quantitative estimate of drug-likeness (QED) is 0.0263. The van der Waals surface area contributed by atoms with Crippen LogP contribution in [-0.4, -0.2) is 264 Å². The van der Waals surface area contributed by atoms with Crippen molar-refractivity contribution in [2.75, 3.05) is 13.2 Å². The summed E-state index contributed by atoms with van der Waals surface area (Å²) in [6, 6.07) is 0. The fourth-order valence-electron chi connectivity index (χ4n) is 15.8. The predicted octanol–water partition coefficient (Wildman–Crippen LogP) is -6.02. The molecule has 490 valence electrons. The molecule has 5 saturated heterocycles. The Bertz CT molecular complexity index is 2430. The van der Waals surface area contributed by atoms with E-state index in [1.165, 1.54) is 20.8 Å². The van der Waals surface area contributed by atoms with Gasteiger partial charge in [-0.25, -0.2) is 8.42 Å². The van der Waals surface area contributed by atoms with Crippen LogP contribution in [0.3, 0.4) is 0 Å². The van der Waals surface area contributed by atoms with E-state index in [1.54, 1.807) is 6.92 Å². The van der Waals surface area contributed by atoms with Gasteiger partial charge in [-0.15, -0.1) is 0 Å². The van der Waals surface area contributed by atoms with Gasteiger partial charge < -0.3 is 118 Å². The molecule has 30 heteroatoms. The van der Waals surface area contributed by atoms with Crippen LogP contribution < -0.4 is 29.6 Å². The molecule has 28 nitrogen and oxygen atoms in total. The zero-order chi connectivity index (χ0) is 62.3. The number of allylic oxidation sites excluding steroid dienone is 2. The fourth-order valence-corrected chi connectivity index (χ4v) is 16.3. The number of hydrogen-bond donors (Lipinski definition) is 13. The maximum absolute atomic E-state index is 13.2. The molecule has 0 bridgehead atoms. The molecule has 5 aliphatic heterocycles. The summed E-state index contributed by atoms with van der Waals surface area (Å²) >= 11 is 0. The second-order valence-electron chi connectivity index (χ2n) is 26.6. The van der Waals surface area contributed by atoms with E-state index in [-0.39, 0.29) is 78.3 Å². The van der Waals surface area contributed by atoms with Gasteiger partial charge in [0.1, 0.15) is 103 Å². The van der Waals surface area contributed by atoms with Gasteiger partial charge in [0.25, 0.3) is 0 Å². The van der Waals surface area contributed by atoms with Crippen LogP contribution in [-0.2, 0) is 66.7 Å². The van der Waals surface area contributed by atoms with Crippen LogP contribution in [0.4, 0.5) is 0 Å². The van der Waals surface area contributed by atoms with Crippen LogP contribution in [0.1, 0.15) is 113 Å². The Hall–Kier alpha value is -0.640. The summed E-state index contributed by atoms with van der Waals surface area (Å²) in [6.07, 6.45) is -37.5. The Kier molecular flexibility index (Phi) is 23.0. The molecule has 9 rings (SSSR count). The molecule has 3 saturated carbocycles. The minimum atomic E-state index is -5.13. The first-order chi connectivity index (χ1) is 39.7. The van der Waals surface area contributed by atoms with E-state index in [0.29, 0.717) is 38.5 Å². The molecule has 0 aromatic heterocycles. The van der Waals surface area contributed by atoms with Gasteiger partial charge in [0.15, 0.2) is 31.5 Å². The minimum absolute atomic E-state index is 0. The zero-order valence-corrected chi connectivity index (χ0v) is 52.9. The molecule has 4 aliphatic carbocycles. The Labute approximate surface area is 522 Å². The third-order valence-electron chi connectivity index (χ3n) is 20.3. The van der Waals surface area contributed by atoms with Crippen molar-refractivity contribution in [2.24, 2.45) is 40.4 Å². The molecule has 86 heavy (non-hydrogen) atoms. The number of aliphatic hydroxyl groups is 13. The average molecular weight is 1270 g/mol. The molecular weight excluding hydrogens is 1180 g/mol. The fraction of sp³-hybridized carbons (Fsp3) is 0.946. The number of carbonyl (C=O) groups is 1. The molecule has 0 spiro atoms. The van der Waals surface area contributed by atoms with Crippen LogP contribution in [0.15, 0.2) is 11.6 Å². The smallest absolute Gasteiger partial charge is 0.726 e. The number of ketones is 1. The second-order valence-corrected chi connectivity index (χ2v) is 27.7. The van der Waals surface area contributed by atoms with Gasteiger partial charge in [0, 0.05) is 12.8 Å². The van der Waals surface area contributed by atoms with Crippen LogP contribution in [0.2, 0.25) is 0 Å². The normalized spacial score (nSPS) is 50.7. The largest absolute Gasteiger partial charge is 1.00 e. The third-order valence-corrected chi connectivity index (χ3v) is 20.8. The number of carbonyl (C=O) groups excluding carboxylic acids is 1. The number of rotatable bonds is 18. The van der Waals surface area contributed by atoms with E-state index in [0.717, 1.165) is 5.57 Å². The second kappa shape index (κ2) is 27.7. The molecule has 0 amide bonds. The maximum Gasteiger partial charge on any atom is 1.00 e. The van der Waals surface area contributed by atoms with Crippen LogP contribution in [0, 0.1) is 40.4 Å². The van der Waals surface area contributed by atoms with Gasteiger partial charge in [-0.1, -0.05) is 39.3 Å². The summed E-state index contributed by atoms with van der Waals surface area (Å²) in [6.45, 7) is 12.5. The first-order valence-corrected chi connectivity index (χ1v) is 31.2. The van der Waals surface area contributed by atoms with E-state index in [1.807, 2.05) is 13.8 Å². The maximum atomic E-state index is 13.2. The van der Waals surface area contributed by atoms with Gasteiger partial charge >= 0.3 is 29.6 Å². The van der Waals surface area contributed by atoms with Gasteiger partial charge in [0.05, 0.1) is 49.3 Å². The molecular formula is C56H91NaO28S. The third kappa shape index (κ3) is 14.2. The van der Waals surface area contributed by atoms with Crippen molar-refractivity contribution in [3.05, 3.63) is 11.6 Å². The molecule has 0 aromatic carbocycles. The SMILES string of the molecule is CC(C)CC(=O)C[C@](C)(O)[C@H]1CC[C@H]2[C@@H]3C[C@H](O[C@@H]4O[C@H](C)[C@@H](O)[C@H](O[C@@H]5OC[C@@H](O[C@@H]6O[C@H](CO)[C@H](O)[C@H](O)[C@H]6O[C@@H]6O[C@H](C)[C@H](O)[C@H](O)[C@H]6O)[C@H](O)[C@H]5O[C@@H]5O[C@H](C)[C@@H](O)[C@H](O)[C@H]5O)[C@H]4O)[C@H]4C[C@@H](OS(=O)(=O)[O-])CC[C@]4(C)C3=CC[C@@]21C.[Na+]. The average Bonchev–Trinajstić information content (AvgIpc) is 1.30. The predicted molar refractivity (Wildman–Crippen MR) is 284 cm³/mol. The first kappa shape index (κ1) is 71.2. The van der Waals surface area contributed by atoms with Crippen molar-refractivity contribution in [3.63, 3.8) is 0 Å². The van der Waals surface area contributed by atoms with Crippen LogP contribution >= 0.6 is 0 Å². The number of Topliss-reactive ketones (excluding diaryl/α,β-unsaturated/α-hetero) is 1. The molecule has 0 unspecified atom stereocenters. The Balaban J connectivity index is 0.00000961. The summed E-state index contributed by atoms with van der Waals surface area (Å²) in [5.41, 5.74) is -1.31. The molecule has 13 N–H and O–H groups in total. The van der Waals surface area contributed by atoms with E-state index in [4.69, 9.17) is 51.6 Å². The molecule has 8 fully saturated rings. The van der Waals surface area contributed by atoms with Gasteiger partial charge in [-0.3, -0.25) is 8.98 Å². The molecule has 5 heterocycles. The van der Waals surface area contributed by atoms with Crippen molar-refractivity contribution in [1.82, 2.24) is 0 Å². The van der Waals surface area contributed by atoms with E-state index < -0.39 is 206 Å². The summed E-state index contributed by atoms with van der Waals surface area (Å²) < 4.78 is 102. The monoisotopic (exact) mass is 1270 g/mol. The molecule has 33 atom stereocenters. The van der Waals surface area contributed by atoms with E-state index in [9.17, 15) is 84.1 Å². The Morgan fingerprint density at radius 2 is 1.21 bits per heavy atom. The van der Waals surface area contributed by atoms with Crippen molar-refractivity contribution >= 4 is 16.2 Å². The standard InChI is InChI=1S/C56H92O28S.Na/c1-21(2)15-25(58)18-56(8,70)34-10-9-28-27-17-31(30-16-26(84-85(71,72)73)11-13-54(30,6)29(27)12-14-55(28,34)7)78-51-45(69)46(37(61)24(5)77-51)81-52-47(82-49-43(67)40(64)35(59)22(3)75-49)39(63)33(20-74-52)80-53-48(42(66)38(62)32(19-57)79-53)83-50-44(68)41(65)36(60)23(4)76-50;/h12,21-24,26-28,30-53,57,59-70H,9-11,13-20H2,1-8H3,(H,71,72,73);/q;+1/p-1/t22-,23-,24-,26+,27+,28+,30-,31+,32-,33-,34+,35-,36+,37-,38+,39+,40+,41+,42+,43-,44-,45-,46+,47-,48-,49+,50+,51+,52+,53+,54-,55+,56+;/m1./s1. The topological polar surface area (TPSA) is 439 Å². The molecule has 0 radical (unpaired) electrons. The number of hydrogen-bond acceptors (Lipinski definition) is 28. The van der Waals surface area contributed by atoms with Crippen LogP contribution in [0.5, 0.6) is 0 Å². The first-order valence-electron chi connectivity index (χ1n) is 29.9. The molecule has 0 aromatic rings. The van der Waals surface area contributed by atoms with E-state index in [2.05, 4.69) is 19.9 Å². The van der Waals surface area contributed by atoms with Gasteiger partial charge in [-0.2, -0.15) is 0 Å². The number of ether oxygens (including phenoxy) is 10. The van der Waals surface area contributed by atoms with Crippen LogP contribution in [0.25, 0.3) is 0 Å². The van der Waals surface area contributed by atoms with Gasteiger partial charge in [0.2, 0.25) is 10.4 Å². The zero-order valence-electron chi connectivity index (χ0n) is 50.1. The number of fused-ring (bicyclic) bond motifs is 5. The minimum Gasteiger partial charge on any atom is -0.726 e. The summed E-state index contributed by atoms with van der Waals surface area (Å²) in [5, 5.41) is 145. The molecule has 9 aliphatic rings. The van der Waals surface area contributed by atoms with Crippen molar-refractivity contribution in [2.45, 2.75) is 278 Å². The van der Waals surface area contributed by atoms with Gasteiger partial charge in [-0.05, 0) is 113 Å². The summed E-state index contributed by atoms with van der Waals surface area (Å²) in [5.74, 6) is -0.864. The van der Waals surface area contributed by atoms with Crippen molar-refractivity contribution in [3.8, 4) is 0 Å². The number of aliphatic hydroxyl groups excluding tert-OH is 12.